The topological polar surface area (TPSA) is 43.4 Å². The molecule has 0 N–H and O–H groups in total. The molecule has 0 spiro atoms. The van der Waals surface area contributed by atoms with Gasteiger partial charge in [0.05, 0.1) is 0 Å². The van der Waals surface area contributed by atoms with Crippen molar-refractivity contribution in [2.75, 3.05) is 0 Å². The van der Waals surface area contributed by atoms with Gasteiger partial charge >= 0.3 is 5.97 Å². The minimum absolute atomic E-state index is 0.0132. The van der Waals surface area contributed by atoms with Gasteiger partial charge in [-0.3, -0.25) is 9.59 Å². The van der Waals surface area contributed by atoms with Crippen LogP contribution in [0.2, 0.25) is 0 Å². The lowest BCUT2D eigenvalue weighted by molar-refractivity contribution is -0.148. The fourth-order valence-corrected chi connectivity index (χ4v) is 6.85. The molecule has 3 heteroatoms. The highest BCUT2D eigenvalue weighted by atomic mass is 16.5. The van der Waals surface area contributed by atoms with E-state index in [-0.39, 0.29) is 22.9 Å². The minimum Gasteiger partial charge on any atom is -0.458 e. The second kappa shape index (κ2) is 5.44. The Morgan fingerprint density at radius 3 is 2.62 bits per heavy atom. The van der Waals surface area contributed by atoms with Crippen LogP contribution in [0.15, 0.2) is 11.6 Å². The van der Waals surface area contributed by atoms with Gasteiger partial charge in [-0.25, -0.2) is 0 Å². The van der Waals surface area contributed by atoms with Crippen molar-refractivity contribution in [3.05, 3.63) is 11.6 Å². The SMILES string of the molecule is CC(=O)OC1CCC[C@@]2(C)C1=CC[C@@H]1[C@H]2CC[C@]2(C)C(=O)CC[C@@H]12. The summed E-state index contributed by atoms with van der Waals surface area (Å²) in [5.41, 5.74) is 1.49. The molecule has 6 atom stereocenters. The number of carbonyl (C=O) groups excluding carboxylic acids is 2. The predicted molar refractivity (Wildman–Crippen MR) is 92.3 cm³/mol. The lowest BCUT2D eigenvalue weighted by Crippen LogP contribution is -2.51. The van der Waals surface area contributed by atoms with Crippen LogP contribution < -0.4 is 0 Å². The van der Waals surface area contributed by atoms with Crippen LogP contribution in [0.5, 0.6) is 0 Å². The van der Waals surface area contributed by atoms with Gasteiger partial charge in [0.15, 0.2) is 0 Å². The van der Waals surface area contributed by atoms with E-state index in [0.717, 1.165) is 44.9 Å². The summed E-state index contributed by atoms with van der Waals surface area (Å²) in [5, 5.41) is 0. The molecule has 0 heterocycles. The molecular formula is C21H30O3. The Labute approximate surface area is 145 Å². The molecule has 3 fully saturated rings. The summed E-state index contributed by atoms with van der Waals surface area (Å²) in [6.07, 6.45) is 10.8. The molecule has 0 bridgehead atoms. The van der Waals surface area contributed by atoms with E-state index in [9.17, 15) is 9.59 Å². The van der Waals surface area contributed by atoms with Crippen LogP contribution in [0.1, 0.15) is 72.1 Å². The van der Waals surface area contributed by atoms with Crippen LogP contribution in [-0.4, -0.2) is 17.9 Å². The highest BCUT2D eigenvalue weighted by Gasteiger charge is 2.59. The Balaban J connectivity index is 1.67. The van der Waals surface area contributed by atoms with Crippen LogP contribution in [-0.2, 0) is 14.3 Å². The first-order valence-electron chi connectivity index (χ1n) is 9.77. The minimum atomic E-state index is -0.162. The molecule has 0 aliphatic heterocycles. The number of hydrogen-bond acceptors (Lipinski definition) is 3. The van der Waals surface area contributed by atoms with Gasteiger partial charge in [0.25, 0.3) is 0 Å². The van der Waals surface area contributed by atoms with Gasteiger partial charge in [0.2, 0.25) is 0 Å². The molecule has 4 aliphatic carbocycles. The van der Waals surface area contributed by atoms with E-state index < -0.39 is 0 Å². The molecule has 4 aliphatic rings. The predicted octanol–water partition coefficient (Wildman–Crippen LogP) is 4.45. The summed E-state index contributed by atoms with van der Waals surface area (Å²) in [6.45, 7) is 6.16. The van der Waals surface area contributed by atoms with Crippen molar-refractivity contribution in [3.63, 3.8) is 0 Å². The number of esters is 1. The van der Waals surface area contributed by atoms with Crippen molar-refractivity contribution in [1.29, 1.82) is 0 Å². The van der Waals surface area contributed by atoms with Crippen molar-refractivity contribution in [3.8, 4) is 0 Å². The Morgan fingerprint density at radius 2 is 1.88 bits per heavy atom. The van der Waals surface area contributed by atoms with Gasteiger partial charge < -0.3 is 4.74 Å². The molecule has 0 aromatic carbocycles. The molecular weight excluding hydrogens is 300 g/mol. The van der Waals surface area contributed by atoms with Gasteiger partial charge in [-0.15, -0.1) is 0 Å². The Morgan fingerprint density at radius 1 is 1.12 bits per heavy atom. The van der Waals surface area contributed by atoms with Crippen molar-refractivity contribution in [1.82, 2.24) is 0 Å². The molecule has 3 nitrogen and oxygen atoms in total. The van der Waals surface area contributed by atoms with Crippen LogP contribution >= 0.6 is 0 Å². The summed E-state index contributed by atoms with van der Waals surface area (Å²) < 4.78 is 5.67. The highest BCUT2D eigenvalue weighted by molar-refractivity contribution is 5.87. The second-order valence-corrected chi connectivity index (χ2v) is 9.10. The van der Waals surface area contributed by atoms with Crippen LogP contribution in [0.25, 0.3) is 0 Å². The first-order chi connectivity index (χ1) is 11.4. The van der Waals surface area contributed by atoms with Gasteiger partial charge in [-0.05, 0) is 73.7 Å². The molecule has 0 saturated heterocycles. The number of ketones is 1. The molecule has 4 rings (SSSR count). The third kappa shape index (κ3) is 2.16. The maximum absolute atomic E-state index is 12.5. The largest absolute Gasteiger partial charge is 0.458 e. The average molecular weight is 330 g/mol. The van der Waals surface area contributed by atoms with Crippen LogP contribution in [0.4, 0.5) is 0 Å². The van der Waals surface area contributed by atoms with Gasteiger partial charge in [-0.1, -0.05) is 19.9 Å². The normalized spacial score (nSPS) is 47.3. The zero-order chi connectivity index (χ0) is 17.1. The summed E-state index contributed by atoms with van der Waals surface area (Å²) in [4.78, 5) is 24.0. The molecule has 3 saturated carbocycles. The van der Waals surface area contributed by atoms with E-state index in [0.29, 0.717) is 23.5 Å². The first-order valence-corrected chi connectivity index (χ1v) is 9.77. The highest BCUT2D eigenvalue weighted by Crippen LogP contribution is 2.64. The number of fused-ring (bicyclic) bond motifs is 5. The fraction of sp³-hybridized carbons (Fsp3) is 0.810. The van der Waals surface area contributed by atoms with E-state index in [1.807, 2.05) is 0 Å². The van der Waals surface area contributed by atoms with E-state index in [2.05, 4.69) is 19.9 Å². The zero-order valence-electron chi connectivity index (χ0n) is 15.3. The summed E-state index contributed by atoms with van der Waals surface area (Å²) in [6, 6.07) is 0. The molecule has 0 radical (unpaired) electrons. The lowest BCUT2D eigenvalue weighted by Gasteiger charge is -2.57. The second-order valence-electron chi connectivity index (χ2n) is 9.10. The number of ether oxygens (including phenoxy) is 1. The zero-order valence-corrected chi connectivity index (χ0v) is 15.3. The quantitative estimate of drug-likeness (QED) is 0.527. The Bertz CT molecular complexity index is 606. The van der Waals surface area contributed by atoms with Gasteiger partial charge in [-0.2, -0.15) is 0 Å². The van der Waals surface area contributed by atoms with Gasteiger partial charge in [0, 0.05) is 18.8 Å². The number of rotatable bonds is 1. The van der Waals surface area contributed by atoms with E-state index >= 15 is 0 Å². The summed E-state index contributed by atoms with van der Waals surface area (Å²) >= 11 is 0. The smallest absolute Gasteiger partial charge is 0.303 e. The Kier molecular flexibility index (Phi) is 3.71. The maximum Gasteiger partial charge on any atom is 0.303 e. The number of carbonyl (C=O) groups is 2. The molecule has 0 aromatic rings. The third-order valence-electron chi connectivity index (χ3n) is 8.05. The molecule has 0 amide bonds. The van der Waals surface area contributed by atoms with E-state index in [4.69, 9.17) is 4.74 Å². The molecule has 0 aromatic heterocycles. The van der Waals surface area contributed by atoms with Crippen molar-refractivity contribution in [2.45, 2.75) is 78.2 Å². The van der Waals surface area contributed by atoms with Crippen molar-refractivity contribution < 1.29 is 14.3 Å². The summed E-state index contributed by atoms with van der Waals surface area (Å²) in [5.74, 6) is 2.20. The van der Waals surface area contributed by atoms with E-state index in [1.54, 1.807) is 0 Å². The van der Waals surface area contributed by atoms with Crippen LogP contribution in [0.3, 0.4) is 0 Å². The lowest BCUT2D eigenvalue weighted by atomic mass is 9.48. The number of hydrogen-bond donors (Lipinski definition) is 0. The van der Waals surface area contributed by atoms with Crippen molar-refractivity contribution in [2.24, 2.45) is 28.6 Å². The Hall–Kier alpha value is -1.12. The number of allylic oxidation sites excluding steroid dienone is 1. The average Bonchev–Trinajstić information content (AvgIpc) is 2.82. The van der Waals surface area contributed by atoms with Crippen molar-refractivity contribution >= 4 is 11.8 Å². The molecule has 1 unspecified atom stereocenters. The van der Waals surface area contributed by atoms with Gasteiger partial charge in [0.1, 0.15) is 11.9 Å². The van der Waals surface area contributed by atoms with E-state index in [1.165, 1.54) is 18.9 Å². The maximum atomic E-state index is 12.5. The standard InChI is InChI=1S/C21H30O3/c1-13(22)24-18-5-4-11-20(2)16-10-12-21(3)15(8-9-19(21)23)14(16)6-7-17(18)20/h7,14-16,18H,4-6,8-12H2,1-3H3/t14-,15-,16+,18?,20+,21-/m0/s1. The number of Topliss-reactive ketones (excluding diaryl/α,β-unsaturated/α-hetero) is 1. The molecule has 132 valence electrons. The van der Waals surface area contributed by atoms with Crippen LogP contribution in [0, 0.1) is 28.6 Å². The fourth-order valence-electron chi connectivity index (χ4n) is 6.85. The first kappa shape index (κ1) is 16.4. The summed E-state index contributed by atoms with van der Waals surface area (Å²) in [7, 11) is 0. The monoisotopic (exact) mass is 330 g/mol. The third-order valence-corrected chi connectivity index (χ3v) is 8.05. The molecule has 24 heavy (non-hydrogen) atoms.